The minimum absolute atomic E-state index is 0.224. The van der Waals surface area contributed by atoms with Crippen molar-refractivity contribution in [3.63, 3.8) is 0 Å². The van der Waals surface area contributed by atoms with Crippen molar-refractivity contribution >= 4 is 44.0 Å². The fourth-order valence-corrected chi connectivity index (χ4v) is 7.25. The van der Waals surface area contributed by atoms with Crippen molar-refractivity contribution in [2.45, 2.75) is 80.3 Å². The second kappa shape index (κ2) is 19.5. The van der Waals surface area contributed by atoms with Gasteiger partial charge in [0.2, 0.25) is 0 Å². The van der Waals surface area contributed by atoms with Gasteiger partial charge in [-0.2, -0.15) is 12.1 Å². The Labute approximate surface area is 362 Å². The van der Waals surface area contributed by atoms with Gasteiger partial charge in [-0.05, 0) is 50.7 Å². The van der Waals surface area contributed by atoms with Gasteiger partial charge in [0, 0.05) is 0 Å². The van der Waals surface area contributed by atoms with E-state index in [1.807, 2.05) is 0 Å². The molecule has 8 rings (SSSR count). The summed E-state index contributed by atoms with van der Waals surface area (Å²) in [5, 5.41) is 5.43. The number of halogens is 2. The monoisotopic (exact) mass is 892 g/mol. The van der Waals surface area contributed by atoms with E-state index in [2.05, 4.69) is 214 Å². The Morgan fingerprint density at radius 1 is 0.414 bits per heavy atom. The van der Waals surface area contributed by atoms with Crippen LogP contribution in [0.5, 0.6) is 0 Å². The fraction of sp³-hybridized carbons (Fsp3) is 0.222. The molecule has 58 heavy (non-hydrogen) atoms. The summed E-state index contributed by atoms with van der Waals surface area (Å²) in [7, 11) is 11.2. The number of rotatable bonds is 6. The van der Waals surface area contributed by atoms with E-state index in [1.165, 1.54) is 99.4 Å². The fourth-order valence-electron chi connectivity index (χ4n) is 7.25. The number of benzene rings is 6. The van der Waals surface area contributed by atoms with Crippen LogP contribution >= 0.6 is 17.0 Å². The van der Waals surface area contributed by atoms with Crippen LogP contribution in [0.25, 0.3) is 66.1 Å². The number of fused-ring (bicyclic) bond motifs is 2. The van der Waals surface area contributed by atoms with Crippen molar-refractivity contribution in [1.29, 1.82) is 0 Å². The third-order valence-corrected chi connectivity index (χ3v) is 30.7. The van der Waals surface area contributed by atoms with Gasteiger partial charge in [0.15, 0.2) is 0 Å². The van der Waals surface area contributed by atoms with Crippen LogP contribution in [0, 0.1) is 27.7 Å². The van der Waals surface area contributed by atoms with Crippen LogP contribution in [0.15, 0.2) is 146 Å². The zero-order chi connectivity index (χ0) is 41.7. The molecule has 0 N–H and O–H groups in total. The Hall–Kier alpha value is -3.78. The Morgan fingerprint density at radius 2 is 0.655 bits per heavy atom. The van der Waals surface area contributed by atoms with E-state index in [9.17, 15) is 0 Å². The van der Waals surface area contributed by atoms with Gasteiger partial charge in [0.25, 0.3) is 0 Å². The van der Waals surface area contributed by atoms with Gasteiger partial charge >= 0.3 is 53.5 Å². The molecule has 0 fully saturated rings. The van der Waals surface area contributed by atoms with E-state index in [4.69, 9.17) is 17.0 Å². The standard InChI is InChI=1S/2C26H25.C2H6Si.2ClH.Zr/c2*1-17(2)22-15-25-23(20-9-5-18(3)6-10-20)13-14-24(26(25)16-22)21-11-7-19(4)8-12-21;1-3-2;;;/h2*5-17H,1-4H3;1-2H3;2*1H;/q2*-1;;;;+2/p-2. The first kappa shape index (κ1) is 43.8. The predicted octanol–water partition coefficient (Wildman–Crippen LogP) is 17.4. The smallest absolute Gasteiger partial charge is 0.0279 e. The summed E-state index contributed by atoms with van der Waals surface area (Å²) in [4.78, 5) is 0. The maximum absolute atomic E-state index is 5.62. The second-order valence-electron chi connectivity index (χ2n) is 16.6. The van der Waals surface area contributed by atoms with Crippen LogP contribution in [-0.2, 0) is 18.0 Å². The molecular weight excluding hydrogens is 839 g/mol. The Bertz CT molecular complexity index is 2290. The van der Waals surface area contributed by atoms with E-state index in [-0.39, 0.29) is 5.43 Å². The van der Waals surface area contributed by atoms with Crippen molar-refractivity contribution in [2.24, 2.45) is 0 Å². The molecule has 0 saturated heterocycles. The summed E-state index contributed by atoms with van der Waals surface area (Å²) in [5.41, 5.74) is 18.2. The largest absolute Gasteiger partial charge is 0.164 e. The van der Waals surface area contributed by atoms with Crippen molar-refractivity contribution in [3.05, 3.63) is 179 Å². The third-order valence-electron chi connectivity index (χ3n) is 11.0. The Morgan fingerprint density at radius 3 is 0.897 bits per heavy atom. The van der Waals surface area contributed by atoms with Crippen LogP contribution in [0.3, 0.4) is 0 Å². The first-order valence-corrected chi connectivity index (χ1v) is 32.9. The molecule has 8 aromatic rings. The minimum Gasteiger partial charge on any atom is -0.164 e. The van der Waals surface area contributed by atoms with Crippen molar-refractivity contribution in [1.82, 2.24) is 0 Å². The minimum atomic E-state index is -1.65. The van der Waals surface area contributed by atoms with Gasteiger partial charge in [-0.3, -0.25) is 0 Å². The molecule has 0 nitrogen and oxygen atoms in total. The van der Waals surface area contributed by atoms with E-state index in [1.54, 1.807) is 0 Å². The SMILES string of the molecule is C[Si](C)=[Zr]([Cl])[Cl].Cc1ccc(-c2ccc(-c3ccc(C)cc3)c3[cH-]c(C(C)C)cc23)cc1.Cc1ccc(-c2ccc(-c3ccc(C)cc3)c3[cH-]c(C(C)C)cc23)cc1. The van der Waals surface area contributed by atoms with Crippen molar-refractivity contribution < 1.29 is 18.0 Å². The zero-order valence-electron chi connectivity index (χ0n) is 35.8. The van der Waals surface area contributed by atoms with Crippen LogP contribution < -0.4 is 0 Å². The van der Waals surface area contributed by atoms with Gasteiger partial charge in [-0.1, -0.05) is 205 Å². The van der Waals surface area contributed by atoms with Crippen LogP contribution in [0.1, 0.15) is 72.9 Å². The van der Waals surface area contributed by atoms with E-state index in [0.717, 1.165) is 0 Å². The molecule has 0 spiro atoms. The molecule has 8 aromatic carbocycles. The summed E-state index contributed by atoms with van der Waals surface area (Å²) in [6, 6.07) is 54.1. The normalized spacial score (nSPS) is 11.1. The molecular formula is C54H56Cl2SiZr-2. The Balaban J connectivity index is 0.000000172. The third kappa shape index (κ3) is 10.5. The van der Waals surface area contributed by atoms with Gasteiger partial charge < -0.3 is 0 Å². The van der Waals surface area contributed by atoms with Crippen molar-refractivity contribution in [2.75, 3.05) is 0 Å². The summed E-state index contributed by atoms with van der Waals surface area (Å²) in [5.74, 6) is 1.05. The quantitative estimate of drug-likeness (QED) is 0.115. The van der Waals surface area contributed by atoms with Crippen LogP contribution in [0.4, 0.5) is 0 Å². The second-order valence-corrected chi connectivity index (χ2v) is 39.6. The van der Waals surface area contributed by atoms with Crippen molar-refractivity contribution in [3.8, 4) is 44.5 Å². The number of aryl methyl sites for hydroxylation is 4. The molecule has 0 atom stereocenters. The predicted molar refractivity (Wildman–Crippen MR) is 257 cm³/mol. The molecule has 0 aliphatic carbocycles. The first-order chi connectivity index (χ1) is 27.7. The first-order valence-electron chi connectivity index (χ1n) is 20.4. The molecule has 0 radical (unpaired) electrons. The molecule has 0 aliphatic rings. The molecule has 0 unspecified atom stereocenters. The summed E-state index contributed by atoms with van der Waals surface area (Å²) < 4.78 is 0. The summed E-state index contributed by atoms with van der Waals surface area (Å²) >= 11 is -1.65. The molecule has 0 bridgehead atoms. The zero-order valence-corrected chi connectivity index (χ0v) is 40.7. The van der Waals surface area contributed by atoms with Gasteiger partial charge in [0.1, 0.15) is 0 Å². The number of hydrogen-bond donors (Lipinski definition) is 0. The van der Waals surface area contributed by atoms with E-state index in [0.29, 0.717) is 11.8 Å². The molecule has 0 aromatic heterocycles. The van der Waals surface area contributed by atoms with Gasteiger partial charge in [0.05, 0.1) is 0 Å². The molecule has 0 saturated carbocycles. The summed E-state index contributed by atoms with van der Waals surface area (Å²) in [6.07, 6.45) is 0. The topological polar surface area (TPSA) is 0 Å². The molecule has 0 amide bonds. The maximum Gasteiger partial charge on any atom is -0.0279 e. The molecule has 296 valence electrons. The van der Waals surface area contributed by atoms with E-state index < -0.39 is 18.0 Å². The van der Waals surface area contributed by atoms with Gasteiger partial charge in [-0.25, -0.2) is 0 Å². The van der Waals surface area contributed by atoms with Crippen LogP contribution in [0.2, 0.25) is 13.1 Å². The van der Waals surface area contributed by atoms with Crippen LogP contribution in [-0.4, -0.2) is 5.43 Å². The van der Waals surface area contributed by atoms with Gasteiger partial charge in [-0.15, -0.1) is 44.8 Å². The summed E-state index contributed by atoms with van der Waals surface area (Å²) in [6.45, 7) is 22.0. The molecule has 0 aliphatic heterocycles. The molecule has 0 heterocycles. The average Bonchev–Trinajstić information content (AvgIpc) is 3.86. The average molecular weight is 895 g/mol. The van der Waals surface area contributed by atoms with E-state index >= 15 is 0 Å². The number of hydrogen-bond acceptors (Lipinski definition) is 0. The Kier molecular flexibility index (Phi) is 14.7. The maximum atomic E-state index is 5.62. The molecule has 4 heteroatoms.